The monoisotopic (exact) mass is 288 g/mol. The van der Waals surface area contributed by atoms with E-state index in [-0.39, 0.29) is 0 Å². The number of benzene rings is 1. The lowest BCUT2D eigenvalue weighted by Gasteiger charge is -2.41. The second-order valence-corrected chi connectivity index (χ2v) is 6.68. The Kier molecular flexibility index (Phi) is 4.81. The fourth-order valence-electron chi connectivity index (χ4n) is 4.17. The van der Waals surface area contributed by atoms with Crippen LogP contribution in [0.3, 0.4) is 0 Å². The molecule has 0 radical (unpaired) electrons. The third kappa shape index (κ3) is 3.41. The number of rotatable bonds is 4. The van der Waals surface area contributed by atoms with Crippen molar-refractivity contribution >= 4 is 0 Å². The van der Waals surface area contributed by atoms with Gasteiger partial charge in [0.15, 0.2) is 0 Å². The van der Waals surface area contributed by atoms with Gasteiger partial charge in [-0.05, 0) is 48.9 Å². The number of likely N-dealkylation sites (tertiary alicyclic amines) is 1. The van der Waals surface area contributed by atoms with E-state index in [1.54, 1.807) is 7.11 Å². The van der Waals surface area contributed by atoms with Crippen LogP contribution in [0.2, 0.25) is 0 Å². The molecule has 21 heavy (non-hydrogen) atoms. The fourth-order valence-corrected chi connectivity index (χ4v) is 4.17. The summed E-state index contributed by atoms with van der Waals surface area (Å²) >= 11 is 0. The van der Waals surface area contributed by atoms with Gasteiger partial charge in [-0.1, -0.05) is 25.3 Å². The van der Waals surface area contributed by atoms with Gasteiger partial charge in [-0.2, -0.15) is 0 Å². The van der Waals surface area contributed by atoms with Crippen molar-refractivity contribution in [2.45, 2.75) is 45.2 Å². The highest BCUT2D eigenvalue weighted by atomic mass is 16.5. The molecule has 1 aliphatic carbocycles. The molecule has 3 nitrogen and oxygen atoms in total. The molecule has 1 saturated carbocycles. The predicted octanol–water partition coefficient (Wildman–Crippen LogP) is 3.17. The van der Waals surface area contributed by atoms with E-state index in [4.69, 9.17) is 10.5 Å². The van der Waals surface area contributed by atoms with Gasteiger partial charge in [0.1, 0.15) is 5.75 Å². The van der Waals surface area contributed by atoms with Crippen LogP contribution in [0.1, 0.15) is 43.2 Å². The van der Waals surface area contributed by atoms with Gasteiger partial charge in [-0.15, -0.1) is 0 Å². The maximum Gasteiger partial charge on any atom is 0.123 e. The number of nitrogens with zero attached hydrogens (tertiary/aromatic N) is 1. The second-order valence-electron chi connectivity index (χ2n) is 6.68. The van der Waals surface area contributed by atoms with Crippen molar-refractivity contribution in [2.75, 3.05) is 20.2 Å². The molecule has 1 aliphatic heterocycles. The summed E-state index contributed by atoms with van der Waals surface area (Å²) in [7, 11) is 1.71. The minimum absolute atomic E-state index is 0.543. The first-order valence-corrected chi connectivity index (χ1v) is 8.38. The first-order valence-electron chi connectivity index (χ1n) is 8.38. The minimum atomic E-state index is 0.543. The molecule has 0 aromatic heterocycles. The van der Waals surface area contributed by atoms with Gasteiger partial charge in [0.25, 0.3) is 0 Å². The summed E-state index contributed by atoms with van der Waals surface area (Å²) in [4.78, 5) is 2.63. The third-order valence-corrected chi connectivity index (χ3v) is 5.35. The van der Waals surface area contributed by atoms with Crippen LogP contribution in [0.4, 0.5) is 0 Å². The van der Waals surface area contributed by atoms with Gasteiger partial charge in [0.05, 0.1) is 7.11 Å². The lowest BCUT2D eigenvalue weighted by molar-refractivity contribution is 0.0820. The van der Waals surface area contributed by atoms with E-state index in [1.807, 2.05) is 0 Å². The van der Waals surface area contributed by atoms with Gasteiger partial charge in [0, 0.05) is 25.2 Å². The van der Waals surface area contributed by atoms with Crippen molar-refractivity contribution in [3.05, 3.63) is 29.3 Å². The molecule has 2 unspecified atom stereocenters. The van der Waals surface area contributed by atoms with Crippen molar-refractivity contribution in [1.82, 2.24) is 4.90 Å². The summed E-state index contributed by atoms with van der Waals surface area (Å²) in [6, 6.07) is 6.46. The SMILES string of the molecule is COc1ccc(CN2CCC3CCCCC3C2)cc1CN. The van der Waals surface area contributed by atoms with Crippen molar-refractivity contribution in [3.8, 4) is 5.75 Å². The molecule has 1 aromatic carbocycles. The van der Waals surface area contributed by atoms with Crippen LogP contribution >= 0.6 is 0 Å². The van der Waals surface area contributed by atoms with Crippen LogP contribution in [-0.2, 0) is 13.1 Å². The number of hydrogen-bond donors (Lipinski definition) is 1. The molecule has 0 spiro atoms. The Balaban J connectivity index is 1.64. The highest BCUT2D eigenvalue weighted by molar-refractivity contribution is 5.37. The fraction of sp³-hybridized carbons (Fsp3) is 0.667. The standard InChI is InChI=1S/C18H28N2O/c1-21-18-7-6-14(10-17(18)11-19)12-20-9-8-15-4-2-3-5-16(15)13-20/h6-7,10,15-16H,2-5,8-9,11-13,19H2,1H3. The van der Waals surface area contributed by atoms with Crippen LogP contribution in [-0.4, -0.2) is 25.1 Å². The molecule has 0 bridgehead atoms. The van der Waals surface area contributed by atoms with E-state index in [0.717, 1.165) is 29.7 Å². The van der Waals surface area contributed by atoms with Crippen molar-refractivity contribution < 1.29 is 4.74 Å². The Hall–Kier alpha value is -1.06. The quantitative estimate of drug-likeness (QED) is 0.925. The molecular formula is C18H28N2O. The zero-order valence-electron chi connectivity index (χ0n) is 13.2. The Morgan fingerprint density at radius 3 is 2.76 bits per heavy atom. The van der Waals surface area contributed by atoms with Crippen LogP contribution < -0.4 is 10.5 Å². The maximum atomic E-state index is 5.82. The first kappa shape index (κ1) is 14.9. The highest BCUT2D eigenvalue weighted by Crippen LogP contribution is 2.36. The average molecular weight is 288 g/mol. The maximum absolute atomic E-state index is 5.82. The molecule has 2 N–H and O–H groups in total. The number of piperidine rings is 1. The number of ether oxygens (including phenoxy) is 1. The Morgan fingerprint density at radius 2 is 2.00 bits per heavy atom. The number of hydrogen-bond acceptors (Lipinski definition) is 3. The average Bonchev–Trinajstić information content (AvgIpc) is 2.54. The Morgan fingerprint density at radius 1 is 1.19 bits per heavy atom. The summed E-state index contributed by atoms with van der Waals surface area (Å²) in [6.07, 6.45) is 7.20. The lowest BCUT2D eigenvalue weighted by atomic mass is 9.75. The number of nitrogens with two attached hydrogens (primary N) is 1. The summed E-state index contributed by atoms with van der Waals surface area (Å²) in [5.74, 6) is 2.86. The molecule has 3 rings (SSSR count). The Bertz CT molecular complexity index is 474. The van der Waals surface area contributed by atoms with E-state index in [1.165, 1.54) is 50.8 Å². The lowest BCUT2D eigenvalue weighted by Crippen LogP contribution is -2.41. The van der Waals surface area contributed by atoms with Crippen LogP contribution in [0.5, 0.6) is 5.75 Å². The van der Waals surface area contributed by atoms with E-state index in [0.29, 0.717) is 6.54 Å². The smallest absolute Gasteiger partial charge is 0.123 e. The van der Waals surface area contributed by atoms with E-state index >= 15 is 0 Å². The highest BCUT2D eigenvalue weighted by Gasteiger charge is 2.30. The van der Waals surface area contributed by atoms with Gasteiger partial charge in [-0.25, -0.2) is 0 Å². The van der Waals surface area contributed by atoms with Crippen molar-refractivity contribution in [1.29, 1.82) is 0 Å². The van der Waals surface area contributed by atoms with Crippen LogP contribution in [0.25, 0.3) is 0 Å². The van der Waals surface area contributed by atoms with Gasteiger partial charge in [-0.3, -0.25) is 4.90 Å². The van der Waals surface area contributed by atoms with Crippen LogP contribution in [0, 0.1) is 11.8 Å². The normalized spacial score (nSPS) is 26.4. The van der Waals surface area contributed by atoms with Crippen molar-refractivity contribution in [2.24, 2.45) is 17.6 Å². The number of fused-ring (bicyclic) bond motifs is 1. The van der Waals surface area contributed by atoms with E-state index in [9.17, 15) is 0 Å². The zero-order chi connectivity index (χ0) is 14.7. The molecule has 1 aromatic rings. The summed E-state index contributed by atoms with van der Waals surface area (Å²) in [5.41, 5.74) is 8.30. The third-order valence-electron chi connectivity index (χ3n) is 5.35. The molecule has 2 atom stereocenters. The molecule has 1 heterocycles. The topological polar surface area (TPSA) is 38.5 Å². The molecule has 1 saturated heterocycles. The Labute approximate surface area is 128 Å². The summed E-state index contributed by atoms with van der Waals surface area (Å²) < 4.78 is 5.36. The summed E-state index contributed by atoms with van der Waals surface area (Å²) in [6.45, 7) is 4.14. The first-order chi connectivity index (χ1) is 10.3. The summed E-state index contributed by atoms with van der Waals surface area (Å²) in [5, 5.41) is 0. The van der Waals surface area contributed by atoms with E-state index in [2.05, 4.69) is 23.1 Å². The molecular weight excluding hydrogens is 260 g/mol. The largest absolute Gasteiger partial charge is 0.496 e. The molecule has 3 heteroatoms. The number of methoxy groups -OCH3 is 1. The van der Waals surface area contributed by atoms with E-state index < -0.39 is 0 Å². The van der Waals surface area contributed by atoms with Gasteiger partial charge >= 0.3 is 0 Å². The molecule has 2 fully saturated rings. The van der Waals surface area contributed by atoms with Gasteiger partial charge in [0.2, 0.25) is 0 Å². The van der Waals surface area contributed by atoms with Crippen LogP contribution in [0.15, 0.2) is 18.2 Å². The zero-order valence-corrected chi connectivity index (χ0v) is 13.2. The second kappa shape index (κ2) is 6.80. The minimum Gasteiger partial charge on any atom is -0.496 e. The molecule has 2 aliphatic rings. The van der Waals surface area contributed by atoms with Gasteiger partial charge < -0.3 is 10.5 Å². The van der Waals surface area contributed by atoms with Crippen molar-refractivity contribution in [3.63, 3.8) is 0 Å². The predicted molar refractivity (Wildman–Crippen MR) is 86.2 cm³/mol. The molecule has 116 valence electrons. The molecule has 0 amide bonds.